The van der Waals surface area contributed by atoms with Crippen molar-refractivity contribution in [3.05, 3.63) is 24.3 Å². The summed E-state index contributed by atoms with van der Waals surface area (Å²) >= 11 is 4.57. The van der Waals surface area contributed by atoms with Gasteiger partial charge in [0, 0.05) is 14.1 Å². The van der Waals surface area contributed by atoms with Crippen molar-refractivity contribution in [2.45, 2.75) is 0 Å². The topological polar surface area (TPSA) is 69.0 Å². The van der Waals surface area contributed by atoms with Crippen LogP contribution in [0.3, 0.4) is 0 Å². The minimum absolute atomic E-state index is 0.158. The number of thiol groups is 1. The number of nitrogens with zero attached hydrogens (tertiary/aromatic N) is 3. The van der Waals surface area contributed by atoms with Crippen LogP contribution in [0.5, 0.6) is 0 Å². The van der Waals surface area contributed by atoms with E-state index in [-0.39, 0.29) is 6.03 Å². The lowest BCUT2D eigenvalue weighted by Crippen LogP contribution is -2.27. The second-order valence-electron chi connectivity index (χ2n) is 3.41. The van der Waals surface area contributed by atoms with Crippen LogP contribution in [-0.4, -0.2) is 30.0 Å². The molecule has 0 radical (unpaired) electrons. The fraction of sp³-hybridized carbons (Fsp3) is 0.182. The number of amides is 2. The molecule has 0 fully saturated rings. The second-order valence-corrected chi connectivity index (χ2v) is 4.64. The van der Waals surface area contributed by atoms with Crippen molar-refractivity contribution in [1.29, 1.82) is 5.26 Å². The van der Waals surface area contributed by atoms with E-state index in [1.54, 1.807) is 14.1 Å². The fourth-order valence-corrected chi connectivity index (χ4v) is 1.98. The van der Waals surface area contributed by atoms with Crippen molar-refractivity contribution in [2.75, 3.05) is 19.4 Å². The number of urea groups is 1. The minimum atomic E-state index is -0.158. The van der Waals surface area contributed by atoms with Gasteiger partial charge in [-0.3, -0.25) is 5.32 Å². The molecule has 1 aromatic carbocycles. The summed E-state index contributed by atoms with van der Waals surface area (Å²) in [6.07, 6.45) is 0. The van der Waals surface area contributed by atoms with Gasteiger partial charge in [0.15, 0.2) is 5.13 Å². The monoisotopic (exact) mass is 280 g/mol. The van der Waals surface area contributed by atoms with Crippen molar-refractivity contribution in [3.63, 3.8) is 0 Å². The third-order valence-electron chi connectivity index (χ3n) is 1.91. The summed E-state index contributed by atoms with van der Waals surface area (Å²) in [6, 6.07) is 7.64. The number of aromatic nitrogens is 1. The van der Waals surface area contributed by atoms with Crippen LogP contribution >= 0.6 is 24.0 Å². The Kier molecular flexibility index (Phi) is 5.42. The lowest BCUT2D eigenvalue weighted by Gasteiger charge is -2.08. The van der Waals surface area contributed by atoms with Gasteiger partial charge < -0.3 is 4.90 Å². The van der Waals surface area contributed by atoms with E-state index in [0.29, 0.717) is 5.13 Å². The van der Waals surface area contributed by atoms with Crippen LogP contribution < -0.4 is 5.32 Å². The van der Waals surface area contributed by atoms with Gasteiger partial charge in [0.05, 0.1) is 10.2 Å². The molecular weight excluding hydrogens is 268 g/mol. The molecule has 0 aliphatic heterocycles. The summed E-state index contributed by atoms with van der Waals surface area (Å²) < 4.78 is 1.08. The first-order valence-corrected chi connectivity index (χ1v) is 6.22. The molecule has 7 heteroatoms. The molecule has 2 aromatic rings. The third kappa shape index (κ3) is 3.91. The molecule has 94 valence electrons. The first kappa shape index (κ1) is 14.3. The van der Waals surface area contributed by atoms with Crippen molar-refractivity contribution in [1.82, 2.24) is 9.88 Å². The Morgan fingerprint density at radius 2 is 2.11 bits per heavy atom. The molecule has 0 spiro atoms. The maximum Gasteiger partial charge on any atom is 0.323 e. The van der Waals surface area contributed by atoms with Crippen molar-refractivity contribution < 1.29 is 4.79 Å². The van der Waals surface area contributed by atoms with E-state index < -0.39 is 0 Å². The average Bonchev–Trinajstić information content (AvgIpc) is 2.71. The van der Waals surface area contributed by atoms with Gasteiger partial charge in [-0.05, 0) is 12.1 Å². The number of para-hydroxylation sites is 1. The lowest BCUT2D eigenvalue weighted by molar-refractivity contribution is 0.230. The van der Waals surface area contributed by atoms with Crippen molar-refractivity contribution >= 4 is 45.3 Å². The van der Waals surface area contributed by atoms with Gasteiger partial charge >= 0.3 is 6.03 Å². The van der Waals surface area contributed by atoms with Gasteiger partial charge in [0.25, 0.3) is 0 Å². The number of nitriles is 1. The highest BCUT2D eigenvalue weighted by Crippen LogP contribution is 2.25. The zero-order valence-corrected chi connectivity index (χ0v) is 11.6. The maximum absolute atomic E-state index is 11.4. The number of hydrogen-bond donors (Lipinski definition) is 2. The predicted octanol–water partition coefficient (Wildman–Crippen LogP) is 2.79. The number of thiocyanates is 1. The Bertz CT molecular complexity index is 541. The van der Waals surface area contributed by atoms with E-state index in [0.717, 1.165) is 10.2 Å². The van der Waals surface area contributed by atoms with Gasteiger partial charge in [-0.2, -0.15) is 5.26 Å². The molecule has 2 amide bonds. The highest BCUT2D eigenvalue weighted by molar-refractivity contribution is 7.85. The highest BCUT2D eigenvalue weighted by atomic mass is 32.1. The van der Waals surface area contributed by atoms with Gasteiger partial charge in [0.1, 0.15) is 5.40 Å². The van der Waals surface area contributed by atoms with Gasteiger partial charge in [0.2, 0.25) is 0 Å². The molecule has 1 aromatic heterocycles. The quantitative estimate of drug-likeness (QED) is 0.623. The molecule has 1 N–H and O–H groups in total. The van der Waals surface area contributed by atoms with Gasteiger partial charge in [-0.25, -0.2) is 9.78 Å². The first-order chi connectivity index (χ1) is 8.58. The summed E-state index contributed by atoms with van der Waals surface area (Å²) in [6.45, 7) is 0. The number of carbonyl (C=O) groups excluding carboxylic acids is 1. The van der Waals surface area contributed by atoms with E-state index in [1.807, 2.05) is 24.3 Å². The number of anilines is 1. The number of nitrogens with one attached hydrogen (secondary N) is 1. The minimum Gasteiger partial charge on any atom is -0.331 e. The summed E-state index contributed by atoms with van der Waals surface area (Å²) in [5.41, 5.74) is 0.913. The van der Waals surface area contributed by atoms with Crippen LogP contribution in [-0.2, 0) is 0 Å². The zero-order valence-electron chi connectivity index (χ0n) is 9.91. The molecule has 18 heavy (non-hydrogen) atoms. The number of benzene rings is 1. The van der Waals surface area contributed by atoms with Crippen LogP contribution in [0.2, 0.25) is 0 Å². The molecule has 0 saturated heterocycles. The molecule has 2 rings (SSSR count). The van der Waals surface area contributed by atoms with E-state index in [9.17, 15) is 4.79 Å². The highest BCUT2D eigenvalue weighted by Gasteiger charge is 2.07. The summed E-state index contributed by atoms with van der Waals surface area (Å²) in [4.78, 5) is 17.1. The third-order valence-corrected chi connectivity index (χ3v) is 2.87. The Morgan fingerprint density at radius 1 is 1.50 bits per heavy atom. The van der Waals surface area contributed by atoms with Crippen LogP contribution in [0.1, 0.15) is 0 Å². The summed E-state index contributed by atoms with van der Waals surface area (Å²) in [5.74, 6) is 0. The van der Waals surface area contributed by atoms with E-state index in [1.165, 1.54) is 21.6 Å². The molecule has 0 atom stereocenters. The van der Waals surface area contributed by atoms with E-state index in [2.05, 4.69) is 22.9 Å². The van der Waals surface area contributed by atoms with Crippen molar-refractivity contribution in [2.24, 2.45) is 0 Å². The number of rotatable bonds is 1. The normalized spacial score (nSPS) is 9.00. The Morgan fingerprint density at radius 3 is 2.67 bits per heavy atom. The molecule has 0 bridgehead atoms. The predicted molar refractivity (Wildman–Crippen MR) is 76.9 cm³/mol. The molecule has 0 unspecified atom stereocenters. The molecule has 0 aliphatic carbocycles. The fourth-order valence-electron chi connectivity index (χ4n) is 1.13. The van der Waals surface area contributed by atoms with Crippen LogP contribution in [0.25, 0.3) is 10.2 Å². The average molecular weight is 280 g/mol. The van der Waals surface area contributed by atoms with Crippen LogP contribution in [0.15, 0.2) is 24.3 Å². The Hall–Kier alpha value is -1.78. The van der Waals surface area contributed by atoms with E-state index >= 15 is 0 Å². The molecule has 0 aliphatic rings. The molecular formula is C11H12N4OS2. The largest absolute Gasteiger partial charge is 0.331 e. The lowest BCUT2D eigenvalue weighted by atomic mass is 10.3. The number of thiazole rings is 1. The molecule has 0 saturated carbocycles. The SMILES string of the molecule is CN(C)C(=O)Nc1nc2ccccc2s1.N#CS. The number of fused-ring (bicyclic) bond motifs is 1. The standard InChI is InChI=1S/C10H11N3OS.CHNS/c1-13(2)10(14)12-9-11-7-5-3-4-6-8(7)15-9;2-1-3/h3-6H,1-2H3,(H,11,12,14);3H. The van der Waals surface area contributed by atoms with Gasteiger partial charge in [-0.1, -0.05) is 36.1 Å². The van der Waals surface area contributed by atoms with Gasteiger partial charge in [-0.15, -0.1) is 0 Å². The summed E-state index contributed by atoms with van der Waals surface area (Å²) in [5, 5.41) is 12.0. The maximum atomic E-state index is 11.4. The van der Waals surface area contributed by atoms with Crippen LogP contribution in [0.4, 0.5) is 9.93 Å². The molecule has 5 nitrogen and oxygen atoms in total. The first-order valence-electron chi connectivity index (χ1n) is 4.95. The Balaban J connectivity index is 0.000000492. The zero-order chi connectivity index (χ0) is 13.5. The smallest absolute Gasteiger partial charge is 0.323 e. The number of carbonyl (C=O) groups is 1. The van der Waals surface area contributed by atoms with Crippen LogP contribution in [0, 0.1) is 10.7 Å². The van der Waals surface area contributed by atoms with E-state index in [4.69, 9.17) is 5.26 Å². The number of hydrogen-bond acceptors (Lipinski definition) is 5. The van der Waals surface area contributed by atoms with Crippen molar-refractivity contribution in [3.8, 4) is 5.40 Å². The summed E-state index contributed by atoms with van der Waals surface area (Å²) in [7, 11) is 3.39. The second kappa shape index (κ2) is 6.83. The Labute approximate surface area is 114 Å². The molecule has 1 heterocycles.